The maximum absolute atomic E-state index is 14.7. The zero-order chi connectivity index (χ0) is 24.6. The Morgan fingerprint density at radius 1 is 1.18 bits per heavy atom. The van der Waals surface area contributed by atoms with Crippen molar-refractivity contribution in [3.63, 3.8) is 0 Å². The van der Waals surface area contributed by atoms with Crippen molar-refractivity contribution in [1.82, 2.24) is 4.90 Å². The van der Waals surface area contributed by atoms with E-state index in [1.54, 1.807) is 24.3 Å². The van der Waals surface area contributed by atoms with Gasteiger partial charge in [0.2, 0.25) is 5.91 Å². The van der Waals surface area contributed by atoms with E-state index in [1.807, 2.05) is 0 Å². The first-order valence-electron chi connectivity index (χ1n) is 10.5. The van der Waals surface area contributed by atoms with Crippen LogP contribution in [0, 0.1) is 11.8 Å². The number of fused-ring (bicyclic) bond motifs is 4. The van der Waals surface area contributed by atoms with Gasteiger partial charge in [-0.25, -0.2) is 8.78 Å². The maximum Gasteiger partial charge on any atom is 0.310 e. The number of nitrogens with one attached hydrogen (secondary N) is 1. The number of carboxylic acids is 1. The van der Waals surface area contributed by atoms with Crippen LogP contribution in [0.1, 0.15) is 12.0 Å². The van der Waals surface area contributed by atoms with Crippen LogP contribution in [0.5, 0.6) is 0 Å². The van der Waals surface area contributed by atoms with Crippen LogP contribution in [0.25, 0.3) is 0 Å². The van der Waals surface area contributed by atoms with Gasteiger partial charge in [0.15, 0.2) is 0 Å². The van der Waals surface area contributed by atoms with E-state index in [9.17, 15) is 28.3 Å². The molecule has 178 valence electrons. The van der Waals surface area contributed by atoms with Gasteiger partial charge in [0.05, 0.1) is 12.5 Å². The molecule has 7 nitrogen and oxygen atoms in total. The van der Waals surface area contributed by atoms with Gasteiger partial charge in [0, 0.05) is 46.5 Å². The minimum absolute atomic E-state index is 0.248. The molecule has 2 fully saturated rings. The predicted molar refractivity (Wildman–Crippen MR) is 121 cm³/mol. The molecule has 34 heavy (non-hydrogen) atoms. The molecule has 11 heteroatoms. The van der Waals surface area contributed by atoms with Gasteiger partial charge < -0.3 is 15.3 Å². The summed E-state index contributed by atoms with van der Waals surface area (Å²) in [4.78, 5) is 42.2. The third-order valence-corrected chi connectivity index (χ3v) is 7.47. The normalized spacial score (nSPS) is 29.1. The number of benzene rings is 2. The lowest BCUT2D eigenvalue weighted by Gasteiger charge is -2.35. The molecular weight excluding hydrogens is 491 g/mol. The Bertz CT molecular complexity index is 1220. The van der Waals surface area contributed by atoms with Gasteiger partial charge in [0.1, 0.15) is 11.5 Å². The standard InChI is InChI=1S/C23H19Cl2F2N3O4/c1-29(13-7-11(24)6-12(25)8-13)19(31)17-16-9-22(26,27)10-30(16)23(18(17)20(32)33)14-4-2-3-5-15(14)28-21(23)34/h2-8,16-18H,9-10H2,1H3,(H,28,34)(H,32,33)/t16-,17+,18-,23?/m1/s1. The van der Waals surface area contributed by atoms with Gasteiger partial charge in [0.25, 0.3) is 11.8 Å². The van der Waals surface area contributed by atoms with Gasteiger partial charge in [-0.1, -0.05) is 41.4 Å². The third kappa shape index (κ3) is 3.14. The number of carboxylic acid groups (broad SMARTS) is 1. The first-order valence-corrected chi connectivity index (χ1v) is 11.2. The molecule has 2 N–H and O–H groups in total. The molecule has 1 spiro atoms. The fourth-order valence-corrected chi connectivity index (χ4v) is 6.31. The monoisotopic (exact) mass is 509 g/mol. The molecule has 0 aliphatic carbocycles. The van der Waals surface area contributed by atoms with Crippen LogP contribution in [0.15, 0.2) is 42.5 Å². The fraction of sp³-hybridized carbons (Fsp3) is 0.348. The lowest BCUT2D eigenvalue weighted by molar-refractivity contribution is -0.153. The van der Waals surface area contributed by atoms with E-state index in [0.717, 1.165) is 4.90 Å². The Morgan fingerprint density at radius 2 is 1.82 bits per heavy atom. The van der Waals surface area contributed by atoms with Crippen LogP contribution in [-0.4, -0.2) is 53.3 Å². The van der Waals surface area contributed by atoms with E-state index < -0.39 is 60.1 Å². The summed E-state index contributed by atoms with van der Waals surface area (Å²) in [5.74, 6) is -9.08. The fourth-order valence-electron chi connectivity index (χ4n) is 5.80. The molecule has 4 atom stereocenters. The quantitative estimate of drug-likeness (QED) is 0.655. The van der Waals surface area contributed by atoms with Gasteiger partial charge in [-0.15, -0.1) is 0 Å². The molecule has 3 aliphatic heterocycles. The highest BCUT2D eigenvalue weighted by Gasteiger charge is 2.74. The summed E-state index contributed by atoms with van der Waals surface area (Å²) >= 11 is 12.1. The van der Waals surface area contributed by atoms with Crippen molar-refractivity contribution in [3.8, 4) is 0 Å². The summed E-state index contributed by atoms with van der Waals surface area (Å²) in [7, 11) is 1.40. The van der Waals surface area contributed by atoms with Crippen molar-refractivity contribution in [3.05, 3.63) is 58.1 Å². The number of halogens is 4. The number of rotatable bonds is 3. The summed E-state index contributed by atoms with van der Waals surface area (Å²) in [5, 5.41) is 13.5. The van der Waals surface area contributed by atoms with Crippen molar-refractivity contribution < 1.29 is 28.3 Å². The zero-order valence-electron chi connectivity index (χ0n) is 17.8. The molecule has 2 amide bonds. The zero-order valence-corrected chi connectivity index (χ0v) is 19.3. The van der Waals surface area contributed by atoms with Crippen LogP contribution < -0.4 is 10.2 Å². The Balaban J connectivity index is 1.68. The molecule has 0 radical (unpaired) electrons. The second-order valence-electron chi connectivity index (χ2n) is 8.89. The van der Waals surface area contributed by atoms with Gasteiger partial charge >= 0.3 is 5.97 Å². The van der Waals surface area contributed by atoms with E-state index >= 15 is 0 Å². The number of carbonyl (C=O) groups is 3. The number of hydrogen-bond acceptors (Lipinski definition) is 4. The van der Waals surface area contributed by atoms with Crippen molar-refractivity contribution in [2.75, 3.05) is 23.8 Å². The highest BCUT2D eigenvalue weighted by Crippen LogP contribution is 2.60. The van der Waals surface area contributed by atoms with Crippen LogP contribution >= 0.6 is 23.2 Å². The molecule has 2 aromatic carbocycles. The van der Waals surface area contributed by atoms with E-state index in [0.29, 0.717) is 5.69 Å². The van der Waals surface area contributed by atoms with Crippen molar-refractivity contribution in [2.45, 2.75) is 23.9 Å². The lowest BCUT2D eigenvalue weighted by Crippen LogP contribution is -2.54. The van der Waals surface area contributed by atoms with Crippen LogP contribution in [0.2, 0.25) is 10.0 Å². The molecule has 2 saturated heterocycles. The first kappa shape index (κ1) is 23.0. The third-order valence-electron chi connectivity index (χ3n) is 7.04. The number of alkyl halides is 2. The largest absolute Gasteiger partial charge is 0.481 e. The minimum atomic E-state index is -3.20. The average molecular weight is 510 g/mol. The number of para-hydroxylation sites is 1. The van der Waals surface area contributed by atoms with Gasteiger partial charge in [-0.3, -0.25) is 19.3 Å². The Kier molecular flexibility index (Phi) is 5.16. The van der Waals surface area contributed by atoms with E-state index in [4.69, 9.17) is 23.2 Å². The first-order chi connectivity index (χ1) is 16.0. The van der Waals surface area contributed by atoms with Crippen LogP contribution in [0.3, 0.4) is 0 Å². The summed E-state index contributed by atoms with van der Waals surface area (Å²) in [6.45, 7) is -0.834. The molecule has 3 heterocycles. The predicted octanol–water partition coefficient (Wildman–Crippen LogP) is 3.84. The Hall–Kier alpha value is -2.75. The molecule has 1 unspecified atom stereocenters. The average Bonchev–Trinajstić information content (AvgIpc) is 3.32. The number of anilines is 2. The van der Waals surface area contributed by atoms with E-state index in [2.05, 4.69) is 5.32 Å². The molecule has 0 saturated carbocycles. The molecule has 0 bridgehead atoms. The number of hydrogen-bond donors (Lipinski definition) is 2. The summed E-state index contributed by atoms with van der Waals surface area (Å²) in [5.41, 5.74) is -1.05. The minimum Gasteiger partial charge on any atom is -0.481 e. The van der Waals surface area contributed by atoms with E-state index in [-0.39, 0.29) is 21.3 Å². The second kappa shape index (κ2) is 7.63. The van der Waals surface area contributed by atoms with Crippen molar-refractivity contribution in [2.24, 2.45) is 11.8 Å². The summed E-state index contributed by atoms with van der Waals surface area (Å²) < 4.78 is 29.4. The van der Waals surface area contributed by atoms with Crippen molar-refractivity contribution in [1.29, 1.82) is 0 Å². The van der Waals surface area contributed by atoms with Gasteiger partial charge in [-0.2, -0.15) is 0 Å². The molecular formula is C23H19Cl2F2N3O4. The Morgan fingerprint density at radius 3 is 2.47 bits per heavy atom. The molecule has 5 rings (SSSR count). The topological polar surface area (TPSA) is 90.0 Å². The lowest BCUT2D eigenvalue weighted by atomic mass is 9.73. The van der Waals surface area contributed by atoms with Gasteiger partial charge in [-0.05, 0) is 24.3 Å². The molecule has 2 aromatic rings. The highest BCUT2D eigenvalue weighted by atomic mass is 35.5. The highest BCUT2D eigenvalue weighted by molar-refractivity contribution is 6.35. The molecule has 3 aliphatic rings. The number of aliphatic carboxylic acids is 1. The van der Waals surface area contributed by atoms with Crippen LogP contribution in [0.4, 0.5) is 20.2 Å². The summed E-state index contributed by atoms with van der Waals surface area (Å²) in [6.07, 6.45) is -0.742. The second-order valence-corrected chi connectivity index (χ2v) is 9.76. The summed E-state index contributed by atoms with van der Waals surface area (Å²) in [6, 6.07) is 9.61. The van der Waals surface area contributed by atoms with Crippen molar-refractivity contribution >= 4 is 52.4 Å². The van der Waals surface area contributed by atoms with E-state index in [1.165, 1.54) is 30.1 Å². The Labute approximate surface area is 203 Å². The molecule has 0 aromatic heterocycles. The SMILES string of the molecule is CN(C(=O)[C@H]1[C@H]2CC(F)(F)CN2C2(C(=O)Nc3ccccc32)[C@H]1C(=O)O)c1cc(Cl)cc(Cl)c1. The smallest absolute Gasteiger partial charge is 0.310 e. The van der Waals surface area contributed by atoms with Crippen LogP contribution in [-0.2, 0) is 19.9 Å². The number of nitrogens with zero attached hydrogens (tertiary/aromatic N) is 2. The maximum atomic E-state index is 14.7. The number of carbonyl (C=O) groups excluding carboxylic acids is 2. The number of amides is 2.